The molecule has 1 unspecified atom stereocenters. The van der Waals surface area contributed by atoms with Gasteiger partial charge in [-0.15, -0.1) is 0 Å². The third kappa shape index (κ3) is 27.2. The summed E-state index contributed by atoms with van der Waals surface area (Å²) in [6, 6.07) is 0.824. The van der Waals surface area contributed by atoms with Crippen molar-refractivity contribution in [2.45, 2.75) is 96.9 Å². The molecular weight excluding hydrogens is 313 g/mol. The lowest BCUT2D eigenvalue weighted by molar-refractivity contribution is 0.253. The monoisotopic (exact) mass is 353 g/mol. The second kappa shape index (κ2) is 16.9. The third-order valence-corrected chi connectivity index (χ3v) is 4.01. The Hall–Kier alpha value is 0.0700. The molecule has 0 heterocycles. The van der Waals surface area contributed by atoms with E-state index in [0.717, 1.165) is 6.04 Å². The highest BCUT2D eigenvalue weighted by Crippen LogP contribution is 2.25. The molecule has 0 aliphatic rings. The first-order chi connectivity index (χ1) is 10.7. The maximum atomic E-state index is 8.88. The van der Waals surface area contributed by atoms with Crippen LogP contribution in [0.5, 0.6) is 0 Å². The molecule has 3 N–H and O–H groups in total. The van der Waals surface area contributed by atoms with Gasteiger partial charge in [0, 0.05) is 6.04 Å². The normalized spacial score (nSPS) is 12.9. The van der Waals surface area contributed by atoms with Gasteiger partial charge in [0.1, 0.15) is 0 Å². The van der Waals surface area contributed by atoms with Gasteiger partial charge < -0.3 is 19.6 Å². The van der Waals surface area contributed by atoms with Gasteiger partial charge in [0.05, 0.1) is 0 Å². The fraction of sp³-hybridized carbons (Fsp3) is 1.00. The summed E-state index contributed by atoms with van der Waals surface area (Å²) in [4.78, 5) is 24.0. The van der Waals surface area contributed by atoms with Crippen molar-refractivity contribution in [2.75, 3.05) is 14.1 Å². The Labute approximate surface area is 143 Å². The third-order valence-electron chi connectivity index (χ3n) is 4.01. The average molecular weight is 353 g/mol. The summed E-state index contributed by atoms with van der Waals surface area (Å²) < 4.78 is 8.88. The van der Waals surface area contributed by atoms with E-state index in [1.54, 1.807) is 0 Å². The molecule has 142 valence electrons. The lowest BCUT2D eigenvalue weighted by atomic mass is 10.0. The number of nitrogens with zero attached hydrogens (tertiary/aromatic N) is 1. The SMILES string of the molecule is CCCCCCCCCCC(CCCC)N(C)C.O=P(O)(O)O. The Morgan fingerprint density at radius 2 is 1.09 bits per heavy atom. The summed E-state index contributed by atoms with van der Waals surface area (Å²) in [5.41, 5.74) is 0. The highest BCUT2D eigenvalue weighted by atomic mass is 31.2. The van der Waals surface area contributed by atoms with Crippen LogP contribution >= 0.6 is 7.82 Å². The molecular formula is C17H40NO4P. The first-order valence-electron chi connectivity index (χ1n) is 9.17. The lowest BCUT2D eigenvalue weighted by Gasteiger charge is -2.24. The van der Waals surface area contributed by atoms with Gasteiger partial charge in [-0.2, -0.15) is 0 Å². The van der Waals surface area contributed by atoms with Crippen molar-refractivity contribution in [1.82, 2.24) is 4.90 Å². The zero-order valence-electron chi connectivity index (χ0n) is 15.7. The number of rotatable bonds is 13. The van der Waals surface area contributed by atoms with Crippen molar-refractivity contribution in [2.24, 2.45) is 0 Å². The van der Waals surface area contributed by atoms with Crippen LogP contribution in [0.15, 0.2) is 0 Å². The number of hydrogen-bond donors (Lipinski definition) is 3. The van der Waals surface area contributed by atoms with Crippen LogP contribution in [0.1, 0.15) is 90.9 Å². The van der Waals surface area contributed by atoms with E-state index in [0.29, 0.717) is 0 Å². The molecule has 0 fully saturated rings. The van der Waals surface area contributed by atoms with E-state index in [4.69, 9.17) is 19.2 Å². The molecule has 0 radical (unpaired) electrons. The van der Waals surface area contributed by atoms with Crippen molar-refractivity contribution in [3.8, 4) is 0 Å². The van der Waals surface area contributed by atoms with E-state index in [1.807, 2.05) is 0 Å². The van der Waals surface area contributed by atoms with Crippen molar-refractivity contribution < 1.29 is 19.2 Å². The van der Waals surface area contributed by atoms with Crippen molar-refractivity contribution in [3.05, 3.63) is 0 Å². The maximum Gasteiger partial charge on any atom is 0.466 e. The molecule has 6 heteroatoms. The number of hydrogen-bond acceptors (Lipinski definition) is 2. The van der Waals surface area contributed by atoms with E-state index < -0.39 is 7.82 Å². The largest absolute Gasteiger partial charge is 0.466 e. The van der Waals surface area contributed by atoms with E-state index >= 15 is 0 Å². The highest BCUT2D eigenvalue weighted by Gasteiger charge is 2.09. The fourth-order valence-corrected chi connectivity index (χ4v) is 2.61. The summed E-state index contributed by atoms with van der Waals surface area (Å²) in [6.45, 7) is 4.58. The second-order valence-corrected chi connectivity index (χ2v) is 7.56. The Balaban J connectivity index is 0. The molecule has 0 aromatic heterocycles. The van der Waals surface area contributed by atoms with Crippen molar-refractivity contribution >= 4 is 7.82 Å². The van der Waals surface area contributed by atoms with E-state index in [1.165, 1.54) is 77.0 Å². The molecule has 0 rings (SSSR count). The van der Waals surface area contributed by atoms with E-state index in [9.17, 15) is 0 Å². The van der Waals surface area contributed by atoms with Crippen molar-refractivity contribution in [3.63, 3.8) is 0 Å². The Kier molecular flexibility index (Phi) is 18.6. The molecule has 5 nitrogen and oxygen atoms in total. The van der Waals surface area contributed by atoms with E-state index in [-0.39, 0.29) is 0 Å². The van der Waals surface area contributed by atoms with Crippen LogP contribution < -0.4 is 0 Å². The lowest BCUT2D eigenvalue weighted by Crippen LogP contribution is -2.27. The molecule has 23 heavy (non-hydrogen) atoms. The van der Waals surface area contributed by atoms with Gasteiger partial charge in [0.2, 0.25) is 0 Å². The molecule has 0 aromatic carbocycles. The van der Waals surface area contributed by atoms with Gasteiger partial charge >= 0.3 is 7.82 Å². The minimum Gasteiger partial charge on any atom is -0.306 e. The van der Waals surface area contributed by atoms with Crippen LogP contribution in [0.2, 0.25) is 0 Å². The molecule has 0 aliphatic heterocycles. The minimum absolute atomic E-state index is 0.824. The van der Waals surface area contributed by atoms with Gasteiger partial charge in [-0.05, 0) is 26.9 Å². The van der Waals surface area contributed by atoms with Crippen LogP contribution in [0, 0.1) is 0 Å². The highest BCUT2D eigenvalue weighted by molar-refractivity contribution is 7.45. The van der Waals surface area contributed by atoms with Crippen LogP contribution in [0.4, 0.5) is 0 Å². The Morgan fingerprint density at radius 1 is 0.739 bits per heavy atom. The molecule has 0 spiro atoms. The summed E-state index contributed by atoms with van der Waals surface area (Å²) >= 11 is 0. The van der Waals surface area contributed by atoms with E-state index in [2.05, 4.69) is 32.8 Å². The maximum absolute atomic E-state index is 8.88. The Bertz CT molecular complexity index is 274. The van der Waals surface area contributed by atoms with Gasteiger partial charge in [-0.25, -0.2) is 4.57 Å². The standard InChI is InChI=1S/C17H37N.H3O4P/c1-5-7-9-10-11-12-13-14-16-17(18(3)4)15-8-6-2;1-5(2,3)4/h17H,5-16H2,1-4H3;(H3,1,2,3,4). The smallest absolute Gasteiger partial charge is 0.306 e. The molecule has 0 aromatic rings. The number of phosphoric acid groups is 1. The average Bonchev–Trinajstić information content (AvgIpc) is 2.42. The Morgan fingerprint density at radius 3 is 1.48 bits per heavy atom. The topological polar surface area (TPSA) is 81.0 Å². The summed E-state index contributed by atoms with van der Waals surface area (Å²) in [5.74, 6) is 0. The van der Waals surface area contributed by atoms with Gasteiger partial charge in [0.25, 0.3) is 0 Å². The summed E-state index contributed by atoms with van der Waals surface area (Å²) in [6.07, 6.45) is 17.0. The molecule has 0 amide bonds. The molecule has 1 atom stereocenters. The van der Waals surface area contributed by atoms with Gasteiger partial charge in [-0.1, -0.05) is 78.1 Å². The zero-order chi connectivity index (χ0) is 18.1. The molecule has 0 saturated carbocycles. The second-order valence-electron chi connectivity index (χ2n) is 6.54. The quantitative estimate of drug-likeness (QED) is 0.330. The first kappa shape index (κ1) is 25.3. The van der Waals surface area contributed by atoms with Gasteiger partial charge in [-0.3, -0.25) is 0 Å². The minimum atomic E-state index is -4.64. The van der Waals surface area contributed by atoms with Crippen LogP contribution in [0.25, 0.3) is 0 Å². The number of unbranched alkanes of at least 4 members (excludes halogenated alkanes) is 8. The molecule has 0 aliphatic carbocycles. The first-order valence-corrected chi connectivity index (χ1v) is 10.7. The predicted molar refractivity (Wildman–Crippen MR) is 98.5 cm³/mol. The summed E-state index contributed by atoms with van der Waals surface area (Å²) in [7, 11) is -0.157. The fourth-order valence-electron chi connectivity index (χ4n) is 2.61. The molecule has 0 saturated heterocycles. The predicted octanol–water partition coefficient (Wildman–Crippen LogP) is 4.71. The molecule has 0 bridgehead atoms. The summed E-state index contributed by atoms with van der Waals surface area (Å²) in [5, 5.41) is 0. The zero-order valence-corrected chi connectivity index (χ0v) is 16.6. The van der Waals surface area contributed by atoms with Crippen molar-refractivity contribution in [1.29, 1.82) is 0 Å². The van der Waals surface area contributed by atoms with Crippen LogP contribution in [-0.2, 0) is 4.57 Å². The van der Waals surface area contributed by atoms with Gasteiger partial charge in [0.15, 0.2) is 0 Å². The van der Waals surface area contributed by atoms with Crippen LogP contribution in [-0.4, -0.2) is 39.7 Å². The van der Waals surface area contributed by atoms with Crippen LogP contribution in [0.3, 0.4) is 0 Å².